The Bertz CT molecular complexity index is 1020. The van der Waals surface area contributed by atoms with E-state index in [1.165, 1.54) is 238 Å². The Morgan fingerprint density at radius 2 is 0.625 bits per heavy atom. The van der Waals surface area contributed by atoms with E-state index in [9.17, 15) is 14.7 Å². The van der Waals surface area contributed by atoms with Gasteiger partial charge in [0.05, 0.1) is 6.61 Å². The minimum absolute atomic E-state index is 0.0628. The predicted molar refractivity (Wildman–Crippen MR) is 279 cm³/mol. The van der Waals surface area contributed by atoms with Gasteiger partial charge in [-0.1, -0.05) is 262 Å². The number of hydrogen-bond donors (Lipinski definition) is 1. The van der Waals surface area contributed by atoms with Crippen LogP contribution in [0.5, 0.6) is 0 Å². The summed E-state index contributed by atoms with van der Waals surface area (Å²) in [5.41, 5.74) is 0. The fraction of sp³-hybridized carbons (Fsp3) is 0.864. The lowest BCUT2D eigenvalue weighted by molar-refractivity contribution is -0.161. The van der Waals surface area contributed by atoms with E-state index in [1.54, 1.807) is 0 Å². The van der Waals surface area contributed by atoms with Gasteiger partial charge in [0.25, 0.3) is 0 Å². The summed E-state index contributed by atoms with van der Waals surface area (Å²) in [6, 6.07) is 0. The van der Waals surface area contributed by atoms with Crippen molar-refractivity contribution in [3.63, 3.8) is 0 Å². The second kappa shape index (κ2) is 55.4. The molecule has 376 valence electrons. The van der Waals surface area contributed by atoms with Gasteiger partial charge in [-0.2, -0.15) is 0 Å². The van der Waals surface area contributed by atoms with Gasteiger partial charge in [-0.3, -0.25) is 9.59 Å². The minimum atomic E-state index is -0.771. The van der Waals surface area contributed by atoms with E-state index >= 15 is 0 Å². The van der Waals surface area contributed by atoms with Gasteiger partial charge < -0.3 is 14.6 Å². The molecule has 0 rings (SSSR count). The van der Waals surface area contributed by atoms with Crippen molar-refractivity contribution in [1.29, 1.82) is 0 Å². The SMILES string of the molecule is CCCCCCC/C=C\C/C=C\CCCCCCCCCCCCCCCCCCCC(=O)OC(CO)COC(=O)CCCCCCCCCCC/C=C\CCCCCCCCCC. The van der Waals surface area contributed by atoms with Crippen LogP contribution in [-0.4, -0.2) is 36.4 Å². The molecule has 0 aromatic carbocycles. The summed E-state index contributed by atoms with van der Waals surface area (Å²) in [7, 11) is 0. The number of carbonyl (C=O) groups excluding carboxylic acids is 2. The van der Waals surface area contributed by atoms with Crippen molar-refractivity contribution in [2.24, 2.45) is 0 Å². The molecule has 1 N–H and O–H groups in total. The van der Waals surface area contributed by atoms with Crippen LogP contribution in [0.4, 0.5) is 0 Å². The molecule has 0 heterocycles. The van der Waals surface area contributed by atoms with Crippen molar-refractivity contribution in [2.75, 3.05) is 13.2 Å². The molecule has 0 aromatic heterocycles. The van der Waals surface area contributed by atoms with Crippen molar-refractivity contribution < 1.29 is 24.2 Å². The van der Waals surface area contributed by atoms with E-state index in [0.717, 1.165) is 44.9 Å². The number of aliphatic hydroxyl groups is 1. The number of esters is 2. The normalized spacial score (nSPS) is 12.4. The molecular formula is C59H110O5. The highest BCUT2D eigenvalue weighted by atomic mass is 16.6. The first kappa shape index (κ1) is 62.1. The number of hydrogen-bond acceptors (Lipinski definition) is 5. The fourth-order valence-corrected chi connectivity index (χ4v) is 8.58. The van der Waals surface area contributed by atoms with E-state index in [-0.39, 0.29) is 25.2 Å². The van der Waals surface area contributed by atoms with Gasteiger partial charge in [0.15, 0.2) is 6.10 Å². The third-order valence-corrected chi connectivity index (χ3v) is 12.9. The maximum Gasteiger partial charge on any atom is 0.306 e. The molecule has 0 amide bonds. The standard InChI is InChI=1S/C59H110O5/c1-3-5-7-9-11-13-15-17-19-21-23-25-26-27-28-29-30-31-32-34-36-38-40-42-44-46-48-50-52-54-59(62)64-57(55-60)56-63-58(61)53-51-49-47-45-43-41-39-37-35-33-24-22-20-18-16-14-12-10-8-6-4-2/h15,17,21-24,57,60H,3-14,16,18-20,25-56H2,1-2H3/b17-15-,23-21-,24-22-. The Morgan fingerprint density at radius 1 is 0.359 bits per heavy atom. The number of aliphatic hydroxyl groups excluding tert-OH is 1. The summed E-state index contributed by atoms with van der Waals surface area (Å²) in [4.78, 5) is 24.5. The van der Waals surface area contributed by atoms with Crippen LogP contribution >= 0.6 is 0 Å². The summed E-state index contributed by atoms with van der Waals surface area (Å²) in [6.07, 6.45) is 71.2. The van der Waals surface area contributed by atoms with Crippen LogP contribution in [0.15, 0.2) is 36.5 Å². The molecular weight excluding hydrogens is 789 g/mol. The van der Waals surface area contributed by atoms with Crippen molar-refractivity contribution in [2.45, 2.75) is 315 Å². The maximum absolute atomic E-state index is 12.3. The molecule has 64 heavy (non-hydrogen) atoms. The first-order valence-electron chi connectivity index (χ1n) is 28.5. The highest BCUT2D eigenvalue weighted by molar-refractivity contribution is 5.70. The average molecular weight is 900 g/mol. The fourth-order valence-electron chi connectivity index (χ4n) is 8.58. The quantitative estimate of drug-likeness (QED) is 0.0374. The van der Waals surface area contributed by atoms with Crippen molar-refractivity contribution in [3.05, 3.63) is 36.5 Å². The maximum atomic E-state index is 12.3. The monoisotopic (exact) mass is 899 g/mol. The molecule has 5 nitrogen and oxygen atoms in total. The van der Waals surface area contributed by atoms with Gasteiger partial charge in [-0.15, -0.1) is 0 Å². The van der Waals surface area contributed by atoms with Crippen molar-refractivity contribution in [3.8, 4) is 0 Å². The molecule has 0 bridgehead atoms. The van der Waals surface area contributed by atoms with E-state index < -0.39 is 6.10 Å². The third kappa shape index (κ3) is 52.7. The molecule has 0 spiro atoms. The van der Waals surface area contributed by atoms with Crippen LogP contribution in [0.1, 0.15) is 309 Å². The van der Waals surface area contributed by atoms with E-state index in [4.69, 9.17) is 9.47 Å². The Labute approximate surface area is 399 Å². The van der Waals surface area contributed by atoms with Crippen molar-refractivity contribution in [1.82, 2.24) is 0 Å². The number of carbonyl (C=O) groups is 2. The molecule has 1 atom stereocenters. The third-order valence-electron chi connectivity index (χ3n) is 12.9. The molecule has 0 aliphatic heterocycles. The van der Waals surface area contributed by atoms with Crippen molar-refractivity contribution >= 4 is 11.9 Å². The van der Waals surface area contributed by atoms with Crippen LogP contribution in [0.3, 0.4) is 0 Å². The smallest absolute Gasteiger partial charge is 0.306 e. The van der Waals surface area contributed by atoms with Gasteiger partial charge in [-0.05, 0) is 70.6 Å². The van der Waals surface area contributed by atoms with E-state index in [0.29, 0.717) is 12.8 Å². The van der Waals surface area contributed by atoms with Gasteiger partial charge in [0, 0.05) is 12.8 Å². The molecule has 0 saturated heterocycles. The van der Waals surface area contributed by atoms with Gasteiger partial charge in [0.1, 0.15) is 6.61 Å². The van der Waals surface area contributed by atoms with Gasteiger partial charge in [-0.25, -0.2) is 0 Å². The minimum Gasteiger partial charge on any atom is -0.462 e. The number of rotatable bonds is 53. The van der Waals surface area contributed by atoms with Crippen LogP contribution < -0.4 is 0 Å². The molecule has 0 saturated carbocycles. The summed E-state index contributed by atoms with van der Waals surface area (Å²) in [5, 5.41) is 9.65. The predicted octanol–water partition coefficient (Wildman–Crippen LogP) is 19.1. The van der Waals surface area contributed by atoms with Crippen LogP contribution in [0.25, 0.3) is 0 Å². The number of allylic oxidation sites excluding steroid dienone is 6. The zero-order chi connectivity index (χ0) is 46.3. The number of ether oxygens (including phenoxy) is 2. The van der Waals surface area contributed by atoms with Crippen LogP contribution in [-0.2, 0) is 19.1 Å². The summed E-state index contributed by atoms with van der Waals surface area (Å²) in [6.45, 7) is 4.17. The molecule has 0 radical (unpaired) electrons. The van der Waals surface area contributed by atoms with E-state index in [2.05, 4.69) is 50.3 Å². The summed E-state index contributed by atoms with van der Waals surface area (Å²) >= 11 is 0. The van der Waals surface area contributed by atoms with E-state index in [1.807, 2.05) is 0 Å². The zero-order valence-electron chi connectivity index (χ0n) is 43.1. The lowest BCUT2D eigenvalue weighted by Crippen LogP contribution is -2.28. The molecule has 0 aliphatic carbocycles. The highest BCUT2D eigenvalue weighted by Crippen LogP contribution is 2.17. The van der Waals surface area contributed by atoms with Gasteiger partial charge in [0.2, 0.25) is 0 Å². The molecule has 5 heteroatoms. The Kier molecular flexibility index (Phi) is 53.8. The average Bonchev–Trinajstić information content (AvgIpc) is 3.30. The molecule has 1 unspecified atom stereocenters. The summed E-state index contributed by atoms with van der Waals surface area (Å²) in [5.74, 6) is -0.577. The topological polar surface area (TPSA) is 72.8 Å². The van der Waals surface area contributed by atoms with Crippen LogP contribution in [0.2, 0.25) is 0 Å². The Balaban J connectivity index is 3.44. The Hall–Kier alpha value is -1.88. The molecule has 0 fully saturated rings. The first-order valence-corrected chi connectivity index (χ1v) is 28.5. The molecule has 0 aromatic rings. The lowest BCUT2D eigenvalue weighted by Gasteiger charge is -2.15. The lowest BCUT2D eigenvalue weighted by atomic mass is 10.0. The zero-order valence-corrected chi connectivity index (χ0v) is 43.1. The Morgan fingerprint density at radius 3 is 0.938 bits per heavy atom. The van der Waals surface area contributed by atoms with Crippen LogP contribution in [0, 0.1) is 0 Å². The first-order chi connectivity index (χ1) is 31.6. The second-order valence-corrected chi connectivity index (χ2v) is 19.4. The largest absolute Gasteiger partial charge is 0.462 e. The molecule has 0 aliphatic rings. The highest BCUT2D eigenvalue weighted by Gasteiger charge is 2.16. The van der Waals surface area contributed by atoms with Gasteiger partial charge >= 0.3 is 11.9 Å². The second-order valence-electron chi connectivity index (χ2n) is 19.4. The number of unbranched alkanes of at least 4 members (excludes halogenated alkanes) is 39. The summed E-state index contributed by atoms with van der Waals surface area (Å²) < 4.78 is 10.7.